The molecule has 18 heavy (non-hydrogen) atoms. The predicted molar refractivity (Wildman–Crippen MR) is 73.0 cm³/mol. The lowest BCUT2D eigenvalue weighted by Crippen LogP contribution is -2.02. The maximum Gasteiger partial charge on any atom is 0.179 e. The van der Waals surface area contributed by atoms with Gasteiger partial charge in [-0.25, -0.2) is 0 Å². The van der Waals surface area contributed by atoms with Crippen molar-refractivity contribution < 1.29 is 14.3 Å². The number of methoxy groups -OCH3 is 1. The summed E-state index contributed by atoms with van der Waals surface area (Å²) in [6.07, 6.45) is 2.80. The van der Waals surface area contributed by atoms with Crippen molar-refractivity contribution in [2.75, 3.05) is 13.7 Å². The highest BCUT2D eigenvalue weighted by atomic mass is 35.5. The first-order valence-electron chi connectivity index (χ1n) is 6.04. The van der Waals surface area contributed by atoms with Gasteiger partial charge < -0.3 is 9.47 Å². The fourth-order valence-corrected chi connectivity index (χ4v) is 1.89. The predicted octanol–water partition coefficient (Wildman–Crippen LogP) is 3.98. The Bertz CT molecular complexity index is 402. The molecule has 0 unspecified atom stereocenters. The van der Waals surface area contributed by atoms with Crippen molar-refractivity contribution in [3.63, 3.8) is 0 Å². The van der Waals surface area contributed by atoms with Crippen LogP contribution in [0.2, 0.25) is 5.02 Å². The molecule has 0 spiro atoms. The molecule has 1 rings (SSSR count). The van der Waals surface area contributed by atoms with E-state index in [1.54, 1.807) is 12.1 Å². The van der Waals surface area contributed by atoms with Gasteiger partial charge in [-0.3, -0.25) is 4.79 Å². The third kappa shape index (κ3) is 4.22. The van der Waals surface area contributed by atoms with E-state index in [0.717, 1.165) is 19.1 Å². The summed E-state index contributed by atoms with van der Waals surface area (Å²) in [7, 11) is 1.53. The summed E-state index contributed by atoms with van der Waals surface area (Å²) in [5.74, 6) is 1.66. The normalized spacial score (nSPS) is 10.5. The second-order valence-electron chi connectivity index (χ2n) is 4.54. The van der Waals surface area contributed by atoms with E-state index in [1.807, 2.05) is 0 Å². The molecule has 4 heteroatoms. The van der Waals surface area contributed by atoms with Gasteiger partial charge >= 0.3 is 0 Å². The van der Waals surface area contributed by atoms with Crippen molar-refractivity contribution in [1.82, 2.24) is 0 Å². The van der Waals surface area contributed by atoms with Crippen molar-refractivity contribution in [3.8, 4) is 11.5 Å². The van der Waals surface area contributed by atoms with Gasteiger partial charge in [0.25, 0.3) is 0 Å². The fourth-order valence-electron chi connectivity index (χ4n) is 1.61. The van der Waals surface area contributed by atoms with Gasteiger partial charge in [0.05, 0.1) is 18.7 Å². The van der Waals surface area contributed by atoms with Crippen LogP contribution in [0.1, 0.15) is 37.0 Å². The number of rotatable bonds is 7. The molecule has 1 aromatic carbocycles. The van der Waals surface area contributed by atoms with Crippen LogP contribution >= 0.6 is 11.6 Å². The number of benzene rings is 1. The van der Waals surface area contributed by atoms with E-state index in [-0.39, 0.29) is 0 Å². The van der Waals surface area contributed by atoms with Crippen molar-refractivity contribution in [3.05, 3.63) is 22.7 Å². The van der Waals surface area contributed by atoms with Crippen LogP contribution in [0, 0.1) is 5.92 Å². The highest BCUT2D eigenvalue weighted by molar-refractivity contribution is 6.32. The molecule has 0 aromatic heterocycles. The third-order valence-electron chi connectivity index (χ3n) is 2.56. The molecule has 0 aliphatic carbocycles. The van der Waals surface area contributed by atoms with Crippen LogP contribution < -0.4 is 9.47 Å². The molecule has 0 atom stereocenters. The summed E-state index contributed by atoms with van der Waals surface area (Å²) in [5.41, 5.74) is 0.478. The summed E-state index contributed by atoms with van der Waals surface area (Å²) in [5, 5.41) is 0.404. The summed E-state index contributed by atoms with van der Waals surface area (Å²) in [6, 6.07) is 3.20. The maximum absolute atomic E-state index is 10.7. The third-order valence-corrected chi connectivity index (χ3v) is 2.84. The molecule has 0 bridgehead atoms. The van der Waals surface area contributed by atoms with Crippen molar-refractivity contribution >= 4 is 17.9 Å². The number of carbonyl (C=O) groups is 1. The topological polar surface area (TPSA) is 35.5 Å². The number of carbonyl (C=O) groups excluding carboxylic acids is 1. The smallest absolute Gasteiger partial charge is 0.179 e. The molecular formula is C14H19ClO3. The Labute approximate surface area is 113 Å². The lowest BCUT2D eigenvalue weighted by Gasteiger charge is -2.13. The van der Waals surface area contributed by atoms with E-state index < -0.39 is 0 Å². The molecule has 0 N–H and O–H groups in total. The first-order valence-corrected chi connectivity index (χ1v) is 6.41. The molecule has 0 aliphatic rings. The van der Waals surface area contributed by atoms with Gasteiger partial charge in [0.15, 0.2) is 11.5 Å². The van der Waals surface area contributed by atoms with E-state index in [0.29, 0.717) is 34.6 Å². The Morgan fingerprint density at radius 3 is 2.67 bits per heavy atom. The molecule has 0 saturated heterocycles. The minimum atomic E-state index is 0.404. The maximum atomic E-state index is 10.7. The minimum Gasteiger partial charge on any atom is -0.493 e. The Kier molecular flexibility index (Phi) is 5.99. The van der Waals surface area contributed by atoms with E-state index in [9.17, 15) is 4.79 Å². The lowest BCUT2D eigenvalue weighted by molar-refractivity contribution is 0.112. The molecule has 0 radical (unpaired) electrons. The summed E-state index contributed by atoms with van der Waals surface area (Å²) in [4.78, 5) is 10.7. The first-order chi connectivity index (χ1) is 8.58. The zero-order chi connectivity index (χ0) is 13.5. The number of hydrogen-bond donors (Lipinski definition) is 0. The van der Waals surface area contributed by atoms with E-state index in [4.69, 9.17) is 21.1 Å². The quantitative estimate of drug-likeness (QED) is 0.555. The Balaban J connectivity index is 2.72. The minimum absolute atomic E-state index is 0.404. The zero-order valence-corrected chi connectivity index (χ0v) is 11.8. The zero-order valence-electron chi connectivity index (χ0n) is 11.0. The second-order valence-corrected chi connectivity index (χ2v) is 4.94. The molecule has 0 amide bonds. The molecule has 3 nitrogen and oxygen atoms in total. The SMILES string of the molecule is COc1cc(C=O)cc(Cl)c1OCCCC(C)C. The van der Waals surface area contributed by atoms with Gasteiger partial charge in [0.1, 0.15) is 6.29 Å². The summed E-state index contributed by atoms with van der Waals surface area (Å²) < 4.78 is 10.8. The monoisotopic (exact) mass is 270 g/mol. The van der Waals surface area contributed by atoms with Gasteiger partial charge in [-0.15, -0.1) is 0 Å². The van der Waals surface area contributed by atoms with E-state index >= 15 is 0 Å². The van der Waals surface area contributed by atoms with Crippen LogP contribution in [0.3, 0.4) is 0 Å². The number of aldehydes is 1. The van der Waals surface area contributed by atoms with Crippen LogP contribution in [-0.4, -0.2) is 20.0 Å². The Hall–Kier alpha value is -1.22. The van der Waals surface area contributed by atoms with E-state index in [2.05, 4.69) is 13.8 Å². The highest BCUT2D eigenvalue weighted by Gasteiger charge is 2.11. The number of hydrogen-bond acceptors (Lipinski definition) is 3. The van der Waals surface area contributed by atoms with Gasteiger partial charge in [-0.1, -0.05) is 25.4 Å². The molecule has 0 aliphatic heterocycles. The molecule has 0 saturated carbocycles. The molecule has 100 valence electrons. The van der Waals surface area contributed by atoms with Gasteiger partial charge in [-0.05, 0) is 30.9 Å². The number of ether oxygens (including phenoxy) is 2. The first kappa shape index (κ1) is 14.8. The average molecular weight is 271 g/mol. The Morgan fingerprint density at radius 2 is 2.11 bits per heavy atom. The van der Waals surface area contributed by atoms with Gasteiger partial charge in [0, 0.05) is 5.56 Å². The Morgan fingerprint density at radius 1 is 1.39 bits per heavy atom. The van der Waals surface area contributed by atoms with Gasteiger partial charge in [0.2, 0.25) is 0 Å². The second kappa shape index (κ2) is 7.27. The molecular weight excluding hydrogens is 252 g/mol. The van der Waals surface area contributed by atoms with E-state index in [1.165, 1.54) is 7.11 Å². The van der Waals surface area contributed by atoms with Crippen molar-refractivity contribution in [2.45, 2.75) is 26.7 Å². The van der Waals surface area contributed by atoms with Crippen LogP contribution in [-0.2, 0) is 0 Å². The number of halogens is 1. The summed E-state index contributed by atoms with van der Waals surface area (Å²) >= 11 is 6.07. The van der Waals surface area contributed by atoms with Crippen molar-refractivity contribution in [1.29, 1.82) is 0 Å². The van der Waals surface area contributed by atoms with Crippen LogP contribution in [0.4, 0.5) is 0 Å². The average Bonchev–Trinajstić information content (AvgIpc) is 2.34. The van der Waals surface area contributed by atoms with Crippen LogP contribution in [0.25, 0.3) is 0 Å². The molecule has 0 fully saturated rings. The molecule has 1 aromatic rings. The highest BCUT2D eigenvalue weighted by Crippen LogP contribution is 2.36. The largest absolute Gasteiger partial charge is 0.493 e. The van der Waals surface area contributed by atoms with Crippen LogP contribution in [0.5, 0.6) is 11.5 Å². The van der Waals surface area contributed by atoms with Gasteiger partial charge in [-0.2, -0.15) is 0 Å². The standard InChI is InChI=1S/C14H19ClO3/c1-10(2)5-4-6-18-14-12(15)7-11(9-16)8-13(14)17-3/h7-10H,4-6H2,1-3H3. The van der Waals surface area contributed by atoms with Crippen LogP contribution in [0.15, 0.2) is 12.1 Å². The van der Waals surface area contributed by atoms with Crippen molar-refractivity contribution in [2.24, 2.45) is 5.92 Å². The lowest BCUT2D eigenvalue weighted by atomic mass is 10.1. The summed E-state index contributed by atoms with van der Waals surface area (Å²) in [6.45, 7) is 4.94. The fraction of sp³-hybridized carbons (Fsp3) is 0.500. The molecule has 0 heterocycles.